The molecule has 150 valence electrons. The third-order valence-corrected chi connectivity index (χ3v) is 4.47. The Balaban J connectivity index is 0.00000364. The Morgan fingerprint density at radius 3 is 2.56 bits per heavy atom. The van der Waals surface area contributed by atoms with Crippen molar-refractivity contribution < 1.29 is 13.2 Å². The van der Waals surface area contributed by atoms with Crippen LogP contribution in [0.1, 0.15) is 29.6 Å². The minimum absolute atomic E-state index is 0. The van der Waals surface area contributed by atoms with E-state index in [1.165, 1.54) is 5.56 Å². The molecule has 0 radical (unpaired) electrons. The third kappa shape index (κ3) is 9.94. The van der Waals surface area contributed by atoms with Gasteiger partial charge in [-0.3, -0.25) is 0 Å². The molecule has 2 N–H and O–H groups in total. The maximum absolute atomic E-state index is 12.2. The first-order valence-electron chi connectivity index (χ1n) is 8.52. The second-order valence-corrected chi connectivity index (χ2v) is 6.65. The van der Waals surface area contributed by atoms with Gasteiger partial charge in [0.05, 0.1) is 23.7 Å². The van der Waals surface area contributed by atoms with Crippen LogP contribution in [0.2, 0.25) is 0 Å². The Kier molecular flexibility index (Phi) is 10.7. The van der Waals surface area contributed by atoms with E-state index in [2.05, 4.69) is 32.7 Å². The van der Waals surface area contributed by atoms with Gasteiger partial charge in [0.2, 0.25) is 0 Å². The minimum atomic E-state index is -4.17. The van der Waals surface area contributed by atoms with Crippen molar-refractivity contribution in [1.82, 2.24) is 15.6 Å². The summed E-state index contributed by atoms with van der Waals surface area (Å²) in [5, 5.41) is 8.62. The van der Waals surface area contributed by atoms with Crippen LogP contribution in [-0.4, -0.2) is 30.2 Å². The van der Waals surface area contributed by atoms with E-state index < -0.39 is 12.6 Å². The molecular weight excluding hydrogens is 488 g/mol. The largest absolute Gasteiger partial charge is 0.390 e. The number of aliphatic imine (C=N–C) groups is 1. The van der Waals surface area contributed by atoms with Gasteiger partial charge in [-0.2, -0.15) is 13.2 Å². The molecule has 27 heavy (non-hydrogen) atoms. The van der Waals surface area contributed by atoms with Crippen molar-refractivity contribution >= 4 is 41.3 Å². The molecule has 2 rings (SSSR count). The number of hydrogen-bond donors (Lipinski definition) is 2. The highest BCUT2D eigenvalue weighted by Crippen LogP contribution is 2.18. The maximum Gasteiger partial charge on any atom is 0.390 e. The molecule has 0 amide bonds. The Labute approximate surface area is 178 Å². The molecular formula is C18H24F3IN4S. The van der Waals surface area contributed by atoms with Crippen molar-refractivity contribution in [2.24, 2.45) is 4.99 Å². The summed E-state index contributed by atoms with van der Waals surface area (Å²) < 4.78 is 36.7. The lowest BCUT2D eigenvalue weighted by atomic mass is 10.1. The van der Waals surface area contributed by atoms with E-state index in [-0.39, 0.29) is 30.5 Å². The smallest absolute Gasteiger partial charge is 0.357 e. The summed E-state index contributed by atoms with van der Waals surface area (Å²) in [6.07, 6.45) is -3.27. The second kappa shape index (κ2) is 12.2. The summed E-state index contributed by atoms with van der Waals surface area (Å²) in [4.78, 5) is 8.86. The predicted molar refractivity (Wildman–Crippen MR) is 115 cm³/mol. The summed E-state index contributed by atoms with van der Waals surface area (Å²) in [7, 11) is 0. The average molecular weight is 512 g/mol. The Hall–Kier alpha value is -1.36. The summed E-state index contributed by atoms with van der Waals surface area (Å²) in [5.74, 6) is 0.371. The van der Waals surface area contributed by atoms with Crippen LogP contribution < -0.4 is 10.6 Å². The van der Waals surface area contributed by atoms with Crippen molar-refractivity contribution in [3.05, 3.63) is 52.0 Å². The molecule has 0 aliphatic rings. The fourth-order valence-electron chi connectivity index (χ4n) is 2.26. The quantitative estimate of drug-likeness (QED) is 0.310. The number of halogens is 4. The molecule has 0 saturated carbocycles. The molecule has 0 unspecified atom stereocenters. The average Bonchev–Trinajstić information content (AvgIpc) is 3.06. The van der Waals surface area contributed by atoms with Crippen molar-refractivity contribution in [3.63, 3.8) is 0 Å². The van der Waals surface area contributed by atoms with Gasteiger partial charge in [0, 0.05) is 24.9 Å². The minimum Gasteiger partial charge on any atom is -0.357 e. The summed E-state index contributed by atoms with van der Waals surface area (Å²) in [5.41, 5.74) is 2.09. The van der Waals surface area contributed by atoms with Crippen molar-refractivity contribution in [2.75, 3.05) is 13.1 Å². The molecule has 0 fully saturated rings. The highest BCUT2D eigenvalue weighted by Gasteiger charge is 2.26. The maximum atomic E-state index is 12.2. The number of alkyl halides is 3. The number of rotatable bonds is 8. The van der Waals surface area contributed by atoms with Crippen LogP contribution in [0.4, 0.5) is 13.2 Å². The lowest BCUT2D eigenvalue weighted by Crippen LogP contribution is -2.38. The van der Waals surface area contributed by atoms with Crippen LogP contribution in [0, 0.1) is 0 Å². The van der Waals surface area contributed by atoms with E-state index in [0.29, 0.717) is 19.0 Å². The van der Waals surface area contributed by atoms with E-state index in [9.17, 15) is 13.2 Å². The molecule has 9 heteroatoms. The van der Waals surface area contributed by atoms with Gasteiger partial charge in [-0.25, -0.2) is 9.98 Å². The van der Waals surface area contributed by atoms with Crippen LogP contribution in [0.3, 0.4) is 0 Å². The zero-order chi connectivity index (χ0) is 18.8. The summed E-state index contributed by atoms with van der Waals surface area (Å²) in [6, 6.07) is 10.2. The van der Waals surface area contributed by atoms with Crippen LogP contribution in [-0.2, 0) is 19.4 Å². The lowest BCUT2D eigenvalue weighted by Gasteiger charge is -2.12. The molecule has 2 aromatic rings. The van der Waals surface area contributed by atoms with Crippen molar-refractivity contribution in [3.8, 4) is 0 Å². The number of aryl methyl sites for hydroxylation is 2. The standard InChI is InChI=1S/C18H23F3N4S.HI/c1-2-22-17(23-11-10-18(19,20)21)24-12-15-13-26-16(25-15)9-8-14-6-4-3-5-7-14;/h3-7,13H,2,8-12H2,1H3,(H2,22,23,24);1H. The number of benzene rings is 1. The van der Waals surface area contributed by atoms with Crippen LogP contribution >= 0.6 is 35.3 Å². The van der Waals surface area contributed by atoms with Gasteiger partial charge in [0.15, 0.2) is 5.96 Å². The highest BCUT2D eigenvalue weighted by atomic mass is 127. The third-order valence-electron chi connectivity index (χ3n) is 3.51. The lowest BCUT2D eigenvalue weighted by molar-refractivity contribution is -0.132. The van der Waals surface area contributed by atoms with Crippen LogP contribution in [0.15, 0.2) is 40.7 Å². The molecule has 1 aromatic heterocycles. The number of guanidine groups is 1. The molecule has 0 bridgehead atoms. The van der Waals surface area contributed by atoms with E-state index in [1.54, 1.807) is 11.3 Å². The molecule has 0 spiro atoms. The summed E-state index contributed by atoms with van der Waals surface area (Å²) in [6.45, 7) is 2.58. The monoisotopic (exact) mass is 512 g/mol. The molecule has 0 aliphatic carbocycles. The fourth-order valence-corrected chi connectivity index (χ4v) is 3.05. The Morgan fingerprint density at radius 2 is 1.89 bits per heavy atom. The number of aromatic nitrogens is 1. The van der Waals surface area contributed by atoms with Crippen molar-refractivity contribution in [2.45, 2.75) is 38.9 Å². The molecule has 0 aliphatic heterocycles. The number of nitrogens with zero attached hydrogens (tertiary/aromatic N) is 2. The van der Waals surface area contributed by atoms with Gasteiger partial charge < -0.3 is 10.6 Å². The van der Waals surface area contributed by atoms with Crippen LogP contribution in [0.25, 0.3) is 0 Å². The fraction of sp³-hybridized carbons (Fsp3) is 0.444. The highest BCUT2D eigenvalue weighted by molar-refractivity contribution is 14.0. The van der Waals surface area contributed by atoms with Crippen LogP contribution in [0.5, 0.6) is 0 Å². The van der Waals surface area contributed by atoms with Crippen molar-refractivity contribution in [1.29, 1.82) is 0 Å². The molecule has 1 aromatic carbocycles. The van der Waals surface area contributed by atoms with Gasteiger partial charge >= 0.3 is 6.18 Å². The summed E-state index contributed by atoms with van der Waals surface area (Å²) >= 11 is 1.59. The van der Waals surface area contributed by atoms with E-state index >= 15 is 0 Å². The zero-order valence-corrected chi connectivity index (χ0v) is 18.2. The first-order valence-corrected chi connectivity index (χ1v) is 9.40. The number of nitrogens with one attached hydrogen (secondary N) is 2. The molecule has 0 saturated heterocycles. The van der Waals surface area contributed by atoms with Gasteiger partial charge in [-0.1, -0.05) is 30.3 Å². The SMILES string of the molecule is CCNC(=NCc1csc(CCc2ccccc2)n1)NCCC(F)(F)F.I. The van der Waals surface area contributed by atoms with E-state index in [1.807, 2.05) is 30.5 Å². The molecule has 1 heterocycles. The second-order valence-electron chi connectivity index (χ2n) is 5.71. The number of thiazole rings is 1. The first-order chi connectivity index (χ1) is 12.5. The number of hydrogen-bond acceptors (Lipinski definition) is 3. The molecule has 4 nitrogen and oxygen atoms in total. The van der Waals surface area contributed by atoms with Gasteiger partial charge in [0.25, 0.3) is 0 Å². The zero-order valence-electron chi connectivity index (χ0n) is 15.1. The Morgan fingerprint density at radius 1 is 1.15 bits per heavy atom. The normalized spacial score (nSPS) is 11.8. The molecule has 0 atom stereocenters. The van der Waals surface area contributed by atoms with E-state index in [0.717, 1.165) is 23.5 Å². The predicted octanol–water partition coefficient (Wildman–Crippen LogP) is 4.55. The van der Waals surface area contributed by atoms with E-state index in [4.69, 9.17) is 0 Å². The topological polar surface area (TPSA) is 49.3 Å². The van der Waals surface area contributed by atoms with Gasteiger partial charge in [-0.15, -0.1) is 35.3 Å². The Bertz CT molecular complexity index is 689. The van der Waals surface area contributed by atoms with Gasteiger partial charge in [0.1, 0.15) is 0 Å². The van der Waals surface area contributed by atoms with Gasteiger partial charge in [-0.05, 0) is 18.9 Å². The first kappa shape index (κ1) is 23.7.